The lowest BCUT2D eigenvalue weighted by molar-refractivity contribution is 0.425. The minimum atomic E-state index is 0. The van der Waals surface area contributed by atoms with Crippen molar-refractivity contribution in [3.05, 3.63) is 23.2 Å². The first-order chi connectivity index (χ1) is 5.68. The van der Waals surface area contributed by atoms with E-state index < -0.39 is 0 Å². The van der Waals surface area contributed by atoms with E-state index in [0.717, 1.165) is 11.5 Å². The molecule has 1 aliphatic rings. The molecule has 1 aromatic rings. The van der Waals surface area contributed by atoms with Gasteiger partial charge in [-0.05, 0) is 44.2 Å². The van der Waals surface area contributed by atoms with Crippen LogP contribution in [0.25, 0.3) is 0 Å². The van der Waals surface area contributed by atoms with Crippen molar-refractivity contribution in [1.29, 1.82) is 0 Å². The van der Waals surface area contributed by atoms with Gasteiger partial charge in [-0.3, -0.25) is 0 Å². The van der Waals surface area contributed by atoms with Gasteiger partial charge in [0.05, 0.1) is 6.04 Å². The monoisotopic (exact) mass is 201 g/mol. The number of rotatable bonds is 2. The van der Waals surface area contributed by atoms with Crippen molar-refractivity contribution in [3.63, 3.8) is 0 Å². The fourth-order valence-corrected chi connectivity index (χ4v) is 1.45. The lowest BCUT2D eigenvalue weighted by atomic mass is 10.1. The molecule has 0 aliphatic heterocycles. The number of furan rings is 1. The van der Waals surface area contributed by atoms with Crippen molar-refractivity contribution in [2.24, 2.45) is 11.7 Å². The van der Waals surface area contributed by atoms with E-state index in [2.05, 4.69) is 13.0 Å². The summed E-state index contributed by atoms with van der Waals surface area (Å²) in [6, 6.07) is 2.20. The van der Waals surface area contributed by atoms with Crippen molar-refractivity contribution in [3.8, 4) is 0 Å². The summed E-state index contributed by atoms with van der Waals surface area (Å²) < 4.78 is 5.55. The van der Waals surface area contributed by atoms with Gasteiger partial charge < -0.3 is 10.2 Å². The molecule has 1 aliphatic carbocycles. The van der Waals surface area contributed by atoms with E-state index in [9.17, 15) is 0 Å². The summed E-state index contributed by atoms with van der Waals surface area (Å²) in [4.78, 5) is 0. The molecule has 1 heterocycles. The highest BCUT2D eigenvalue weighted by atomic mass is 35.5. The average molecular weight is 202 g/mol. The van der Waals surface area contributed by atoms with E-state index in [-0.39, 0.29) is 18.4 Å². The topological polar surface area (TPSA) is 39.2 Å². The first kappa shape index (κ1) is 10.6. The minimum Gasteiger partial charge on any atom is -0.464 e. The molecule has 3 heteroatoms. The van der Waals surface area contributed by atoms with Crippen molar-refractivity contribution in [1.82, 2.24) is 0 Å². The Morgan fingerprint density at radius 1 is 1.46 bits per heavy atom. The Bertz CT molecular complexity index is 272. The summed E-state index contributed by atoms with van der Waals surface area (Å²) in [6.45, 7) is 4.04. The molecular weight excluding hydrogens is 186 g/mol. The van der Waals surface area contributed by atoms with E-state index in [1.807, 2.05) is 6.92 Å². The maximum absolute atomic E-state index is 5.99. The van der Waals surface area contributed by atoms with E-state index in [4.69, 9.17) is 10.2 Å². The third-order valence-corrected chi connectivity index (χ3v) is 2.64. The Morgan fingerprint density at radius 3 is 2.46 bits per heavy atom. The van der Waals surface area contributed by atoms with Gasteiger partial charge in [0, 0.05) is 0 Å². The largest absolute Gasteiger partial charge is 0.464 e. The Hall–Kier alpha value is -0.470. The molecule has 0 radical (unpaired) electrons. The van der Waals surface area contributed by atoms with Crippen molar-refractivity contribution < 1.29 is 4.42 Å². The van der Waals surface area contributed by atoms with Gasteiger partial charge in [0.15, 0.2) is 0 Å². The number of nitrogens with two attached hydrogens (primary N) is 1. The molecule has 0 amide bonds. The van der Waals surface area contributed by atoms with E-state index in [1.165, 1.54) is 18.4 Å². The van der Waals surface area contributed by atoms with Gasteiger partial charge in [-0.15, -0.1) is 12.4 Å². The van der Waals surface area contributed by atoms with Crippen molar-refractivity contribution in [2.75, 3.05) is 0 Å². The maximum atomic E-state index is 5.99. The molecule has 0 aromatic carbocycles. The predicted molar refractivity (Wildman–Crippen MR) is 55.1 cm³/mol. The number of aryl methyl sites for hydroxylation is 2. The van der Waals surface area contributed by atoms with Gasteiger partial charge >= 0.3 is 0 Å². The van der Waals surface area contributed by atoms with Crippen LogP contribution in [0, 0.1) is 19.8 Å². The van der Waals surface area contributed by atoms with Crippen molar-refractivity contribution in [2.45, 2.75) is 32.7 Å². The molecular formula is C10H16ClNO. The summed E-state index contributed by atoms with van der Waals surface area (Å²) in [5, 5.41) is 0. The standard InChI is InChI=1S/C10H15NO.ClH/c1-6-5-9(12-7(6)2)10(11)8-3-4-8;/h5,8,10H,3-4,11H2,1-2H3;1H/t10-;/m0./s1. The van der Waals surface area contributed by atoms with Crippen LogP contribution in [0.15, 0.2) is 10.5 Å². The second-order valence-electron chi connectivity index (χ2n) is 3.75. The van der Waals surface area contributed by atoms with Crippen LogP contribution in [0.4, 0.5) is 0 Å². The normalized spacial score (nSPS) is 18.1. The summed E-state index contributed by atoms with van der Waals surface area (Å²) in [5.41, 5.74) is 7.20. The van der Waals surface area contributed by atoms with E-state index >= 15 is 0 Å². The molecule has 0 saturated heterocycles. The number of hydrogen-bond donors (Lipinski definition) is 1. The Kier molecular flexibility index (Phi) is 3.04. The zero-order valence-corrected chi connectivity index (χ0v) is 8.86. The summed E-state index contributed by atoms with van der Waals surface area (Å²) in [7, 11) is 0. The molecule has 2 rings (SSSR count). The highest BCUT2D eigenvalue weighted by Crippen LogP contribution is 2.40. The molecule has 0 unspecified atom stereocenters. The maximum Gasteiger partial charge on any atom is 0.121 e. The molecule has 74 valence electrons. The van der Waals surface area contributed by atoms with E-state index in [1.54, 1.807) is 0 Å². The second-order valence-corrected chi connectivity index (χ2v) is 3.75. The van der Waals surface area contributed by atoms with Crippen LogP contribution in [0.5, 0.6) is 0 Å². The predicted octanol–water partition coefficient (Wildman–Crippen LogP) is 2.73. The lowest BCUT2D eigenvalue weighted by Gasteiger charge is -2.04. The first-order valence-electron chi connectivity index (χ1n) is 4.51. The molecule has 2 nitrogen and oxygen atoms in total. The molecule has 1 atom stereocenters. The molecule has 2 N–H and O–H groups in total. The van der Waals surface area contributed by atoms with Crippen LogP contribution in [0.1, 0.15) is 36.0 Å². The first-order valence-corrected chi connectivity index (χ1v) is 4.51. The van der Waals surface area contributed by atoms with Crippen LogP contribution in [0.2, 0.25) is 0 Å². The number of halogens is 1. The van der Waals surface area contributed by atoms with Crippen LogP contribution >= 0.6 is 12.4 Å². The Labute approximate surface area is 84.9 Å². The molecule has 13 heavy (non-hydrogen) atoms. The highest BCUT2D eigenvalue weighted by molar-refractivity contribution is 5.85. The van der Waals surface area contributed by atoms with Crippen LogP contribution < -0.4 is 5.73 Å². The smallest absolute Gasteiger partial charge is 0.121 e. The second kappa shape index (κ2) is 3.72. The summed E-state index contributed by atoms with van der Waals surface area (Å²) >= 11 is 0. The molecule has 0 bridgehead atoms. The summed E-state index contributed by atoms with van der Waals surface area (Å²) in [6.07, 6.45) is 2.53. The molecule has 0 spiro atoms. The fourth-order valence-electron chi connectivity index (χ4n) is 1.45. The van der Waals surface area contributed by atoms with E-state index in [0.29, 0.717) is 5.92 Å². The van der Waals surface area contributed by atoms with Gasteiger partial charge in [0.25, 0.3) is 0 Å². The third-order valence-electron chi connectivity index (χ3n) is 2.64. The quantitative estimate of drug-likeness (QED) is 0.799. The zero-order chi connectivity index (χ0) is 8.72. The summed E-state index contributed by atoms with van der Waals surface area (Å²) in [5.74, 6) is 2.64. The van der Waals surface area contributed by atoms with Gasteiger partial charge in [0.2, 0.25) is 0 Å². The molecule has 1 saturated carbocycles. The van der Waals surface area contributed by atoms with Crippen LogP contribution in [-0.2, 0) is 0 Å². The average Bonchev–Trinajstić information content (AvgIpc) is 2.80. The van der Waals surface area contributed by atoms with Crippen LogP contribution in [0.3, 0.4) is 0 Å². The zero-order valence-electron chi connectivity index (χ0n) is 8.04. The lowest BCUT2D eigenvalue weighted by Crippen LogP contribution is -2.10. The minimum absolute atomic E-state index is 0. The van der Waals surface area contributed by atoms with Gasteiger partial charge in [-0.2, -0.15) is 0 Å². The Morgan fingerprint density at radius 2 is 2.08 bits per heavy atom. The molecule has 1 fully saturated rings. The Balaban J connectivity index is 0.000000845. The van der Waals surface area contributed by atoms with Gasteiger partial charge in [0.1, 0.15) is 11.5 Å². The fraction of sp³-hybridized carbons (Fsp3) is 0.600. The van der Waals surface area contributed by atoms with Gasteiger partial charge in [-0.25, -0.2) is 0 Å². The SMILES string of the molecule is Cc1cc([C@@H](N)C2CC2)oc1C.Cl. The third kappa shape index (κ3) is 2.06. The van der Waals surface area contributed by atoms with Gasteiger partial charge in [-0.1, -0.05) is 0 Å². The van der Waals surface area contributed by atoms with Crippen molar-refractivity contribution >= 4 is 12.4 Å². The highest BCUT2D eigenvalue weighted by Gasteiger charge is 2.31. The number of hydrogen-bond acceptors (Lipinski definition) is 2. The van der Waals surface area contributed by atoms with Crippen LogP contribution in [-0.4, -0.2) is 0 Å². The molecule has 1 aromatic heterocycles.